The molecule has 1 unspecified atom stereocenters. The first-order valence-corrected chi connectivity index (χ1v) is 12.0. The standard InChI is InChI=1S/C7H18Cl2O2SSi2/c1-10-14(4,11-2)7(5-6-12)13(3,8)9/h7,12H,5-6H2,1-4H3. The molecule has 7 heteroatoms. The summed E-state index contributed by atoms with van der Waals surface area (Å²) in [6.45, 7) is 1.63. The number of hydrogen-bond donors (Lipinski definition) is 1. The normalized spacial score (nSPS) is 15.6. The molecular formula is C7H18Cl2O2SSi2. The predicted octanol–water partition coefficient (Wildman–Crippen LogP) is 3.13. The Labute approximate surface area is 103 Å². The van der Waals surface area contributed by atoms with E-state index < -0.39 is 15.3 Å². The van der Waals surface area contributed by atoms with E-state index >= 15 is 0 Å². The Morgan fingerprint density at radius 2 is 1.64 bits per heavy atom. The third kappa shape index (κ3) is 4.04. The van der Waals surface area contributed by atoms with Crippen molar-refractivity contribution in [3.05, 3.63) is 0 Å². The topological polar surface area (TPSA) is 18.5 Å². The highest BCUT2D eigenvalue weighted by Crippen LogP contribution is 2.40. The van der Waals surface area contributed by atoms with Gasteiger partial charge in [0.25, 0.3) is 6.69 Å². The SMILES string of the molecule is CO[Si](C)(OC)C(CCS)[Si](C)(Cl)Cl. The summed E-state index contributed by atoms with van der Waals surface area (Å²) >= 11 is 16.7. The molecule has 0 rings (SSSR count). The molecule has 0 bridgehead atoms. The maximum absolute atomic E-state index is 6.26. The zero-order chi connectivity index (χ0) is 11.4. The minimum atomic E-state index is -2.28. The van der Waals surface area contributed by atoms with E-state index in [-0.39, 0.29) is 5.16 Å². The van der Waals surface area contributed by atoms with Crippen LogP contribution in [0, 0.1) is 0 Å². The van der Waals surface area contributed by atoms with Gasteiger partial charge in [-0.05, 0) is 25.3 Å². The Morgan fingerprint density at radius 3 is 1.86 bits per heavy atom. The molecule has 0 aliphatic heterocycles. The maximum atomic E-state index is 6.26. The molecule has 0 aromatic rings. The molecule has 0 saturated heterocycles. The van der Waals surface area contributed by atoms with Crippen molar-refractivity contribution in [3.63, 3.8) is 0 Å². The lowest BCUT2D eigenvalue weighted by Gasteiger charge is -2.35. The van der Waals surface area contributed by atoms with Crippen LogP contribution in [0.1, 0.15) is 6.42 Å². The van der Waals surface area contributed by atoms with Crippen LogP contribution in [0.5, 0.6) is 0 Å². The Kier molecular flexibility index (Phi) is 6.69. The molecule has 2 nitrogen and oxygen atoms in total. The summed E-state index contributed by atoms with van der Waals surface area (Å²) in [4.78, 5) is 0. The molecule has 0 radical (unpaired) electrons. The zero-order valence-corrected chi connectivity index (χ0v) is 13.4. The highest BCUT2D eigenvalue weighted by Gasteiger charge is 2.50. The van der Waals surface area contributed by atoms with Gasteiger partial charge in [0.15, 0.2) is 0 Å². The van der Waals surface area contributed by atoms with Gasteiger partial charge in [-0.3, -0.25) is 0 Å². The lowest BCUT2D eigenvalue weighted by Crippen LogP contribution is -2.49. The average molecular weight is 293 g/mol. The number of thiol groups is 1. The molecule has 0 aromatic heterocycles. The van der Waals surface area contributed by atoms with Crippen LogP contribution in [0.3, 0.4) is 0 Å². The molecule has 0 saturated carbocycles. The van der Waals surface area contributed by atoms with Gasteiger partial charge in [-0.1, -0.05) is 0 Å². The smallest absolute Gasteiger partial charge is 0.337 e. The Bertz CT molecular complexity index is 174. The fourth-order valence-electron chi connectivity index (χ4n) is 1.47. The van der Waals surface area contributed by atoms with E-state index in [4.69, 9.17) is 31.0 Å². The number of rotatable bonds is 6. The minimum Gasteiger partial charge on any atom is -0.398 e. The zero-order valence-electron chi connectivity index (χ0n) is 9.01. The molecule has 0 aliphatic rings. The molecule has 0 aromatic carbocycles. The molecule has 0 amide bonds. The summed E-state index contributed by atoms with van der Waals surface area (Å²) in [5.74, 6) is 0.752. The van der Waals surface area contributed by atoms with Crippen molar-refractivity contribution in [1.29, 1.82) is 0 Å². The van der Waals surface area contributed by atoms with E-state index in [0.717, 1.165) is 12.2 Å². The van der Waals surface area contributed by atoms with Crippen molar-refractivity contribution >= 4 is 50.0 Å². The van der Waals surface area contributed by atoms with Crippen LogP contribution in [0.15, 0.2) is 0 Å². The highest BCUT2D eigenvalue weighted by atomic mass is 35.7. The van der Waals surface area contributed by atoms with Gasteiger partial charge in [-0.2, -0.15) is 12.6 Å². The third-order valence-corrected chi connectivity index (χ3v) is 13.4. The summed E-state index contributed by atoms with van der Waals surface area (Å²) < 4.78 is 11.0. The Morgan fingerprint density at radius 1 is 1.21 bits per heavy atom. The first-order valence-electron chi connectivity index (χ1n) is 4.40. The monoisotopic (exact) mass is 292 g/mol. The first kappa shape index (κ1) is 15.3. The van der Waals surface area contributed by atoms with Crippen LogP contribution < -0.4 is 0 Å². The predicted molar refractivity (Wildman–Crippen MR) is 71.2 cm³/mol. The molecule has 86 valence electrons. The van der Waals surface area contributed by atoms with Gasteiger partial charge >= 0.3 is 8.56 Å². The van der Waals surface area contributed by atoms with Crippen LogP contribution in [0.2, 0.25) is 18.3 Å². The Hall–Kier alpha value is 1.28. The van der Waals surface area contributed by atoms with Crippen molar-refractivity contribution < 1.29 is 8.85 Å². The van der Waals surface area contributed by atoms with Crippen LogP contribution in [-0.4, -0.2) is 35.2 Å². The second-order valence-electron chi connectivity index (χ2n) is 3.45. The molecule has 0 heterocycles. The number of halogens is 2. The molecule has 1 atom stereocenters. The quantitative estimate of drug-likeness (QED) is 0.461. The minimum absolute atomic E-state index is 0.144. The summed E-state index contributed by atoms with van der Waals surface area (Å²) in [5.41, 5.74) is 0. The van der Waals surface area contributed by atoms with Crippen LogP contribution >= 0.6 is 34.8 Å². The molecular weight excluding hydrogens is 275 g/mol. The van der Waals surface area contributed by atoms with E-state index in [1.165, 1.54) is 0 Å². The largest absolute Gasteiger partial charge is 0.398 e. The van der Waals surface area contributed by atoms with E-state index in [1.54, 1.807) is 14.2 Å². The second kappa shape index (κ2) is 6.13. The molecule has 0 N–H and O–H groups in total. The van der Waals surface area contributed by atoms with Gasteiger partial charge in [0, 0.05) is 19.4 Å². The highest BCUT2D eigenvalue weighted by molar-refractivity contribution is 7.80. The summed E-state index contributed by atoms with van der Waals surface area (Å²) in [6.07, 6.45) is 0.850. The average Bonchev–Trinajstić information content (AvgIpc) is 2.11. The fourth-order valence-corrected chi connectivity index (χ4v) is 12.9. The summed E-state index contributed by atoms with van der Waals surface area (Å²) in [5, 5.41) is 0.144. The van der Waals surface area contributed by atoms with Crippen molar-refractivity contribution in [2.24, 2.45) is 0 Å². The van der Waals surface area contributed by atoms with E-state index in [2.05, 4.69) is 12.6 Å². The van der Waals surface area contributed by atoms with Gasteiger partial charge in [-0.25, -0.2) is 0 Å². The van der Waals surface area contributed by atoms with E-state index in [9.17, 15) is 0 Å². The molecule has 0 spiro atoms. The lowest BCUT2D eigenvalue weighted by molar-refractivity contribution is 0.244. The molecule has 0 fully saturated rings. The Balaban J connectivity index is 4.79. The summed E-state index contributed by atoms with van der Waals surface area (Å²) in [6, 6.07) is 0. The van der Waals surface area contributed by atoms with E-state index in [0.29, 0.717) is 0 Å². The van der Waals surface area contributed by atoms with Crippen molar-refractivity contribution in [3.8, 4) is 0 Å². The summed E-state index contributed by atoms with van der Waals surface area (Å²) in [7, 11) is 1.09. The third-order valence-electron chi connectivity index (χ3n) is 2.47. The fraction of sp³-hybridized carbons (Fsp3) is 1.00. The van der Waals surface area contributed by atoms with Gasteiger partial charge in [0.2, 0.25) is 0 Å². The van der Waals surface area contributed by atoms with Crippen molar-refractivity contribution in [2.75, 3.05) is 20.0 Å². The second-order valence-corrected chi connectivity index (χ2v) is 15.9. The number of hydrogen-bond acceptors (Lipinski definition) is 3. The maximum Gasteiger partial charge on any atom is 0.337 e. The molecule has 0 aliphatic carbocycles. The van der Waals surface area contributed by atoms with Crippen LogP contribution in [0.4, 0.5) is 0 Å². The molecule has 14 heavy (non-hydrogen) atoms. The van der Waals surface area contributed by atoms with Crippen LogP contribution in [0.25, 0.3) is 0 Å². The van der Waals surface area contributed by atoms with Gasteiger partial charge in [-0.15, -0.1) is 22.2 Å². The van der Waals surface area contributed by atoms with Crippen LogP contribution in [-0.2, 0) is 8.85 Å². The van der Waals surface area contributed by atoms with E-state index in [1.807, 2.05) is 13.1 Å². The van der Waals surface area contributed by atoms with Gasteiger partial charge in [0.1, 0.15) is 0 Å². The first-order chi connectivity index (χ1) is 6.31. The lowest BCUT2D eigenvalue weighted by atomic mass is 10.6. The van der Waals surface area contributed by atoms with Crippen molar-refractivity contribution in [2.45, 2.75) is 24.7 Å². The van der Waals surface area contributed by atoms with Crippen molar-refractivity contribution in [1.82, 2.24) is 0 Å². The van der Waals surface area contributed by atoms with Gasteiger partial charge in [0.05, 0.1) is 0 Å². The van der Waals surface area contributed by atoms with Gasteiger partial charge < -0.3 is 8.85 Å².